The Morgan fingerprint density at radius 2 is 2.21 bits per heavy atom. The summed E-state index contributed by atoms with van der Waals surface area (Å²) < 4.78 is 5.58. The van der Waals surface area contributed by atoms with E-state index in [2.05, 4.69) is 4.98 Å². The Morgan fingerprint density at radius 1 is 1.42 bits per heavy atom. The minimum Gasteiger partial charge on any atom is -0.490 e. The lowest BCUT2D eigenvalue weighted by Crippen LogP contribution is -2.03. The lowest BCUT2D eigenvalue weighted by atomic mass is 10.1. The second-order valence-electron chi connectivity index (χ2n) is 4.78. The van der Waals surface area contributed by atoms with E-state index in [4.69, 9.17) is 9.84 Å². The maximum Gasteiger partial charge on any atom is 0.270 e. The molecule has 1 N–H and O–H groups in total. The molecule has 0 unspecified atom stereocenters. The van der Waals surface area contributed by atoms with Crippen LogP contribution in [0.2, 0.25) is 0 Å². The van der Waals surface area contributed by atoms with Crippen molar-refractivity contribution in [1.82, 2.24) is 4.98 Å². The average Bonchev–Trinajstić information content (AvgIpc) is 2.59. The Kier molecular flexibility index (Phi) is 6.34. The minimum atomic E-state index is -0.456. The van der Waals surface area contributed by atoms with Crippen LogP contribution in [0.15, 0.2) is 41.8 Å². The van der Waals surface area contributed by atoms with E-state index in [1.165, 1.54) is 23.9 Å². The number of allylic oxidation sites excluding steroid dienone is 2. The number of fused-ring (bicyclic) bond motifs is 1. The van der Waals surface area contributed by atoms with Crippen molar-refractivity contribution in [2.24, 2.45) is 0 Å². The largest absolute Gasteiger partial charge is 0.490 e. The van der Waals surface area contributed by atoms with Gasteiger partial charge in [-0.05, 0) is 25.3 Å². The van der Waals surface area contributed by atoms with E-state index < -0.39 is 4.92 Å². The molecule has 1 aromatic heterocycles. The standard InChI is InChI=1S/C17H18N2O4S/c1-3-9-24-17(4-2)15-11-16(23-8-7-20)13-10-12(19(21)22)5-6-14(13)18-15/h3-6,9-11,20H,7-8H2,1-2H3/b9-3-,17-4-. The molecule has 0 aliphatic heterocycles. The number of nitrogens with zero attached hydrogens (tertiary/aromatic N) is 2. The molecule has 2 aromatic rings. The molecule has 0 fully saturated rings. The monoisotopic (exact) mass is 346 g/mol. The molecule has 126 valence electrons. The summed E-state index contributed by atoms with van der Waals surface area (Å²) in [7, 11) is 0. The zero-order valence-electron chi connectivity index (χ0n) is 13.4. The second kappa shape index (κ2) is 8.47. The summed E-state index contributed by atoms with van der Waals surface area (Å²) in [6.45, 7) is 3.82. The number of nitro groups is 1. The smallest absolute Gasteiger partial charge is 0.270 e. The number of nitro benzene ring substituents is 1. The van der Waals surface area contributed by atoms with Crippen molar-refractivity contribution >= 4 is 33.3 Å². The zero-order valence-corrected chi connectivity index (χ0v) is 14.2. The number of benzene rings is 1. The number of hydrogen-bond donors (Lipinski definition) is 1. The van der Waals surface area contributed by atoms with Crippen LogP contribution in [0.5, 0.6) is 5.75 Å². The summed E-state index contributed by atoms with van der Waals surface area (Å²) in [5.74, 6) is 0.466. The lowest BCUT2D eigenvalue weighted by Gasteiger charge is -2.11. The number of ether oxygens (including phenoxy) is 1. The van der Waals surface area contributed by atoms with Crippen LogP contribution in [0, 0.1) is 10.1 Å². The van der Waals surface area contributed by atoms with Crippen molar-refractivity contribution < 1.29 is 14.8 Å². The Morgan fingerprint density at radius 3 is 2.83 bits per heavy atom. The third-order valence-electron chi connectivity index (χ3n) is 3.16. The van der Waals surface area contributed by atoms with Gasteiger partial charge < -0.3 is 9.84 Å². The maximum absolute atomic E-state index is 11.0. The fourth-order valence-electron chi connectivity index (χ4n) is 2.12. The van der Waals surface area contributed by atoms with Crippen molar-refractivity contribution in [2.45, 2.75) is 13.8 Å². The van der Waals surface area contributed by atoms with E-state index in [9.17, 15) is 10.1 Å². The maximum atomic E-state index is 11.0. The quantitative estimate of drug-likeness (QED) is 0.599. The first kappa shape index (κ1) is 18.0. The number of aliphatic hydroxyl groups is 1. The molecule has 0 bridgehead atoms. The Bertz CT molecular complexity index is 803. The van der Waals surface area contributed by atoms with Crippen molar-refractivity contribution in [2.75, 3.05) is 13.2 Å². The van der Waals surface area contributed by atoms with Gasteiger partial charge in [-0.1, -0.05) is 23.9 Å². The van der Waals surface area contributed by atoms with Gasteiger partial charge in [-0.25, -0.2) is 4.98 Å². The summed E-state index contributed by atoms with van der Waals surface area (Å²) in [6, 6.07) is 6.21. The molecule has 1 heterocycles. The molecule has 6 nitrogen and oxygen atoms in total. The molecular formula is C17H18N2O4S. The number of non-ortho nitro benzene ring substituents is 1. The number of hydrogen-bond acceptors (Lipinski definition) is 6. The topological polar surface area (TPSA) is 85.5 Å². The van der Waals surface area contributed by atoms with Gasteiger partial charge in [0, 0.05) is 28.5 Å². The normalized spacial score (nSPS) is 12.0. The predicted octanol–water partition coefficient (Wildman–Crippen LogP) is 4.14. The molecule has 0 saturated carbocycles. The molecule has 1 aromatic carbocycles. The van der Waals surface area contributed by atoms with Gasteiger partial charge in [-0.3, -0.25) is 10.1 Å². The molecular weight excluding hydrogens is 328 g/mol. The van der Waals surface area contributed by atoms with Crippen molar-refractivity contribution in [3.05, 3.63) is 57.6 Å². The highest BCUT2D eigenvalue weighted by Gasteiger charge is 2.14. The van der Waals surface area contributed by atoms with Crippen LogP contribution < -0.4 is 4.74 Å². The molecule has 24 heavy (non-hydrogen) atoms. The highest BCUT2D eigenvalue weighted by Crippen LogP contribution is 2.34. The molecule has 0 spiro atoms. The van der Waals surface area contributed by atoms with Gasteiger partial charge in [0.2, 0.25) is 0 Å². The molecule has 2 rings (SSSR count). The molecule has 0 radical (unpaired) electrons. The van der Waals surface area contributed by atoms with Gasteiger partial charge in [0.15, 0.2) is 0 Å². The van der Waals surface area contributed by atoms with Gasteiger partial charge in [0.25, 0.3) is 5.69 Å². The van der Waals surface area contributed by atoms with Crippen molar-refractivity contribution in [3.63, 3.8) is 0 Å². The first-order valence-corrected chi connectivity index (χ1v) is 8.26. The van der Waals surface area contributed by atoms with Crippen LogP contribution in [-0.4, -0.2) is 28.2 Å². The lowest BCUT2D eigenvalue weighted by molar-refractivity contribution is -0.384. The number of aliphatic hydroxyl groups excluding tert-OH is 1. The van der Waals surface area contributed by atoms with Crippen LogP contribution in [0.1, 0.15) is 19.5 Å². The number of pyridine rings is 1. The zero-order chi connectivity index (χ0) is 17.5. The van der Waals surface area contributed by atoms with E-state index in [0.29, 0.717) is 16.7 Å². The van der Waals surface area contributed by atoms with Gasteiger partial charge in [0.1, 0.15) is 12.4 Å². The fraction of sp³-hybridized carbons (Fsp3) is 0.235. The Labute approximate surface area is 144 Å². The summed E-state index contributed by atoms with van der Waals surface area (Å²) in [5.41, 5.74) is 1.29. The van der Waals surface area contributed by atoms with Gasteiger partial charge >= 0.3 is 0 Å². The van der Waals surface area contributed by atoms with E-state index in [1.54, 1.807) is 12.1 Å². The van der Waals surface area contributed by atoms with Crippen molar-refractivity contribution in [1.29, 1.82) is 0 Å². The van der Waals surface area contributed by atoms with Crippen LogP contribution in [-0.2, 0) is 0 Å². The molecule has 0 amide bonds. The summed E-state index contributed by atoms with van der Waals surface area (Å²) in [6.07, 6.45) is 3.88. The third-order valence-corrected chi connectivity index (χ3v) is 4.27. The Hall–Kier alpha value is -2.38. The van der Waals surface area contributed by atoms with Crippen LogP contribution in [0.3, 0.4) is 0 Å². The van der Waals surface area contributed by atoms with E-state index in [-0.39, 0.29) is 18.9 Å². The van der Waals surface area contributed by atoms with Gasteiger partial charge in [-0.2, -0.15) is 0 Å². The van der Waals surface area contributed by atoms with E-state index in [0.717, 1.165) is 10.6 Å². The van der Waals surface area contributed by atoms with Crippen LogP contribution in [0.25, 0.3) is 15.8 Å². The average molecular weight is 346 g/mol. The molecule has 0 aliphatic carbocycles. The number of thioether (sulfide) groups is 1. The Balaban J connectivity index is 2.59. The first-order valence-electron chi connectivity index (χ1n) is 7.38. The second-order valence-corrected chi connectivity index (χ2v) is 5.72. The summed E-state index contributed by atoms with van der Waals surface area (Å²) in [5, 5.41) is 22.5. The minimum absolute atomic E-state index is 0.0274. The van der Waals surface area contributed by atoms with Gasteiger partial charge in [0.05, 0.1) is 22.7 Å². The molecule has 0 saturated heterocycles. The summed E-state index contributed by atoms with van der Waals surface area (Å²) >= 11 is 1.53. The molecule has 0 atom stereocenters. The third kappa shape index (κ3) is 4.12. The molecule has 0 aliphatic rings. The SMILES string of the molecule is C/C=C\S/C(=C\C)c1cc(OCCO)c2cc([N+](=O)[O-])ccc2n1. The number of rotatable bonds is 7. The van der Waals surface area contributed by atoms with E-state index >= 15 is 0 Å². The fourth-order valence-corrected chi connectivity index (χ4v) is 2.76. The number of aromatic nitrogens is 1. The highest BCUT2D eigenvalue weighted by atomic mass is 32.2. The highest BCUT2D eigenvalue weighted by molar-refractivity contribution is 8.10. The van der Waals surface area contributed by atoms with Crippen LogP contribution >= 0.6 is 11.8 Å². The van der Waals surface area contributed by atoms with E-state index in [1.807, 2.05) is 31.4 Å². The van der Waals surface area contributed by atoms with Gasteiger partial charge in [-0.15, -0.1) is 0 Å². The summed E-state index contributed by atoms with van der Waals surface area (Å²) in [4.78, 5) is 16.1. The first-order chi connectivity index (χ1) is 11.6. The van der Waals surface area contributed by atoms with Crippen molar-refractivity contribution in [3.8, 4) is 5.75 Å². The molecule has 7 heteroatoms. The predicted molar refractivity (Wildman–Crippen MR) is 97.0 cm³/mol. The van der Waals surface area contributed by atoms with Crippen LogP contribution in [0.4, 0.5) is 5.69 Å².